The van der Waals surface area contributed by atoms with Crippen molar-refractivity contribution < 1.29 is 9.18 Å². The summed E-state index contributed by atoms with van der Waals surface area (Å²) in [6.45, 7) is 1.39. The van der Waals surface area contributed by atoms with Crippen LogP contribution in [0.15, 0.2) is 59.3 Å². The summed E-state index contributed by atoms with van der Waals surface area (Å²) in [6.07, 6.45) is 3.45. The highest BCUT2D eigenvalue weighted by Crippen LogP contribution is 2.32. The van der Waals surface area contributed by atoms with Crippen LogP contribution in [-0.4, -0.2) is 30.6 Å². The molecule has 0 radical (unpaired) electrons. The van der Waals surface area contributed by atoms with E-state index in [0.29, 0.717) is 10.9 Å². The Morgan fingerprint density at radius 2 is 2.07 bits per heavy atom. The number of anilines is 2. The van der Waals surface area contributed by atoms with Gasteiger partial charge in [-0.15, -0.1) is 21.5 Å². The van der Waals surface area contributed by atoms with Crippen molar-refractivity contribution in [3.05, 3.63) is 65.7 Å². The van der Waals surface area contributed by atoms with E-state index >= 15 is 0 Å². The molecule has 3 heterocycles. The summed E-state index contributed by atoms with van der Waals surface area (Å²) >= 11 is 2.78. The molecule has 10 heteroatoms. The highest BCUT2D eigenvalue weighted by molar-refractivity contribution is 7.98. The number of carbonyl (C=O) groups excluding carboxylic acids is 1. The Morgan fingerprint density at radius 3 is 2.80 bits per heavy atom. The Kier molecular flexibility index (Phi) is 5.86. The van der Waals surface area contributed by atoms with Crippen LogP contribution in [0.3, 0.4) is 0 Å². The topological polar surface area (TPSA) is 76.8 Å². The van der Waals surface area contributed by atoms with Gasteiger partial charge in [-0.25, -0.2) is 9.37 Å². The fraction of sp³-hybridized carbons (Fsp3) is 0.150. The summed E-state index contributed by atoms with van der Waals surface area (Å²) in [4.78, 5) is 22.1. The normalized spacial score (nSPS) is 10.9. The molecule has 0 aliphatic carbocycles. The number of rotatable bonds is 6. The monoisotopic (exact) mass is 440 g/mol. The van der Waals surface area contributed by atoms with E-state index in [1.165, 1.54) is 41.0 Å². The molecule has 0 unspecified atom stereocenters. The zero-order chi connectivity index (χ0) is 21.1. The highest BCUT2D eigenvalue weighted by atomic mass is 32.2. The van der Waals surface area contributed by atoms with Gasteiger partial charge in [0.15, 0.2) is 16.1 Å². The SMILES string of the molecule is CC(=O)N(c1nc(CSc2nnc(-c3cccnc3)n2C)cs1)c1ccccc1F. The molecule has 30 heavy (non-hydrogen) atoms. The van der Waals surface area contributed by atoms with Crippen LogP contribution in [0.25, 0.3) is 11.4 Å². The van der Waals surface area contributed by atoms with Crippen LogP contribution >= 0.6 is 23.1 Å². The van der Waals surface area contributed by atoms with Crippen LogP contribution in [-0.2, 0) is 17.6 Å². The molecule has 1 aromatic carbocycles. The zero-order valence-corrected chi connectivity index (χ0v) is 17.8. The number of thiazole rings is 1. The first-order chi connectivity index (χ1) is 14.5. The Labute approximate surface area is 180 Å². The van der Waals surface area contributed by atoms with Crippen molar-refractivity contribution in [2.45, 2.75) is 17.8 Å². The quantitative estimate of drug-likeness (QED) is 0.412. The average Bonchev–Trinajstić information content (AvgIpc) is 3.35. The molecule has 1 amide bonds. The second-order valence-electron chi connectivity index (χ2n) is 6.32. The van der Waals surface area contributed by atoms with E-state index in [-0.39, 0.29) is 11.6 Å². The van der Waals surface area contributed by atoms with Gasteiger partial charge in [0.25, 0.3) is 0 Å². The van der Waals surface area contributed by atoms with Crippen molar-refractivity contribution >= 4 is 39.8 Å². The molecule has 4 rings (SSSR count). The Morgan fingerprint density at radius 1 is 1.23 bits per heavy atom. The van der Waals surface area contributed by atoms with E-state index in [2.05, 4.69) is 20.2 Å². The minimum atomic E-state index is -0.471. The Hall–Kier alpha value is -3.11. The molecule has 0 bridgehead atoms. The summed E-state index contributed by atoms with van der Waals surface area (Å²) in [5.41, 5.74) is 1.85. The first kappa shape index (κ1) is 20.2. The summed E-state index contributed by atoms with van der Waals surface area (Å²) < 4.78 is 16.1. The molecule has 0 saturated carbocycles. The highest BCUT2D eigenvalue weighted by Gasteiger charge is 2.21. The molecule has 0 aliphatic rings. The van der Waals surface area contributed by atoms with Gasteiger partial charge in [0.1, 0.15) is 5.82 Å². The number of hydrogen-bond donors (Lipinski definition) is 0. The van der Waals surface area contributed by atoms with Gasteiger partial charge < -0.3 is 4.57 Å². The van der Waals surface area contributed by atoms with Crippen LogP contribution in [0.5, 0.6) is 0 Å². The van der Waals surface area contributed by atoms with Crippen LogP contribution in [0.1, 0.15) is 12.6 Å². The van der Waals surface area contributed by atoms with Crippen molar-refractivity contribution in [3.8, 4) is 11.4 Å². The van der Waals surface area contributed by atoms with Crippen LogP contribution in [0, 0.1) is 5.82 Å². The number of para-hydroxylation sites is 1. The van der Waals surface area contributed by atoms with Crippen molar-refractivity contribution in [2.75, 3.05) is 4.90 Å². The van der Waals surface area contributed by atoms with Crippen LogP contribution in [0.2, 0.25) is 0 Å². The fourth-order valence-electron chi connectivity index (χ4n) is 2.83. The van der Waals surface area contributed by atoms with Gasteiger partial charge in [0.05, 0.1) is 11.4 Å². The predicted octanol–water partition coefficient (Wildman–Crippen LogP) is 4.45. The second kappa shape index (κ2) is 8.72. The minimum Gasteiger partial charge on any atom is -0.305 e. The van der Waals surface area contributed by atoms with Crippen molar-refractivity contribution in [1.29, 1.82) is 0 Å². The van der Waals surface area contributed by atoms with Crippen molar-refractivity contribution in [2.24, 2.45) is 7.05 Å². The van der Waals surface area contributed by atoms with Crippen LogP contribution in [0.4, 0.5) is 15.2 Å². The minimum absolute atomic E-state index is 0.188. The Bertz CT molecular complexity index is 1180. The van der Waals surface area contributed by atoms with E-state index in [9.17, 15) is 9.18 Å². The van der Waals surface area contributed by atoms with Gasteiger partial charge in [-0.3, -0.25) is 14.7 Å². The molecule has 4 aromatic rings. The van der Waals surface area contributed by atoms with Gasteiger partial charge in [0, 0.05) is 43.1 Å². The van der Waals surface area contributed by atoms with Crippen molar-refractivity contribution in [1.82, 2.24) is 24.7 Å². The number of carbonyl (C=O) groups is 1. The van der Waals surface area contributed by atoms with E-state index in [0.717, 1.165) is 22.2 Å². The second-order valence-corrected chi connectivity index (χ2v) is 8.10. The first-order valence-corrected chi connectivity index (χ1v) is 10.8. The van der Waals surface area contributed by atoms with Gasteiger partial charge in [-0.1, -0.05) is 23.9 Å². The van der Waals surface area contributed by atoms with E-state index < -0.39 is 5.82 Å². The zero-order valence-electron chi connectivity index (χ0n) is 16.2. The van der Waals surface area contributed by atoms with Gasteiger partial charge in [-0.2, -0.15) is 0 Å². The maximum Gasteiger partial charge on any atom is 0.230 e. The number of benzene rings is 1. The number of nitrogens with zero attached hydrogens (tertiary/aromatic N) is 6. The van der Waals surface area contributed by atoms with Crippen molar-refractivity contribution in [3.63, 3.8) is 0 Å². The average molecular weight is 441 g/mol. The number of thioether (sulfide) groups is 1. The maximum atomic E-state index is 14.2. The third-order valence-electron chi connectivity index (χ3n) is 4.24. The third kappa shape index (κ3) is 4.10. The number of hydrogen-bond acceptors (Lipinski definition) is 7. The molecular formula is C20H17FN6OS2. The van der Waals surface area contributed by atoms with Gasteiger partial charge in [0.2, 0.25) is 5.91 Å². The number of amides is 1. The number of halogens is 1. The maximum absolute atomic E-state index is 14.2. The van der Waals surface area contributed by atoms with E-state index in [1.54, 1.807) is 30.6 Å². The Balaban J connectivity index is 1.51. The molecule has 0 atom stereocenters. The first-order valence-electron chi connectivity index (χ1n) is 8.97. The lowest BCUT2D eigenvalue weighted by molar-refractivity contribution is -0.115. The number of aromatic nitrogens is 5. The third-order valence-corrected chi connectivity index (χ3v) is 6.17. The van der Waals surface area contributed by atoms with Gasteiger partial charge >= 0.3 is 0 Å². The molecular weight excluding hydrogens is 423 g/mol. The number of pyridine rings is 1. The fourth-order valence-corrected chi connectivity index (χ4v) is 4.62. The molecule has 0 spiro atoms. The standard InChI is InChI=1S/C20H17FN6OS2/c1-13(28)27(17-8-4-3-7-16(17)21)19-23-15(11-29-19)12-30-20-25-24-18(26(20)2)14-6-5-9-22-10-14/h3-11H,12H2,1-2H3. The van der Waals surface area contributed by atoms with E-state index in [4.69, 9.17) is 0 Å². The lowest BCUT2D eigenvalue weighted by atomic mass is 10.3. The smallest absolute Gasteiger partial charge is 0.230 e. The molecule has 0 fully saturated rings. The summed E-state index contributed by atoms with van der Waals surface area (Å²) in [5, 5.41) is 11.5. The lowest BCUT2D eigenvalue weighted by Crippen LogP contribution is -2.23. The molecule has 0 saturated heterocycles. The predicted molar refractivity (Wildman–Crippen MR) is 115 cm³/mol. The molecule has 0 N–H and O–H groups in total. The van der Waals surface area contributed by atoms with Crippen LogP contribution < -0.4 is 4.90 Å². The largest absolute Gasteiger partial charge is 0.305 e. The summed E-state index contributed by atoms with van der Waals surface area (Å²) in [6, 6.07) is 9.94. The molecule has 0 aliphatic heterocycles. The lowest BCUT2D eigenvalue weighted by Gasteiger charge is -2.18. The molecule has 3 aromatic heterocycles. The van der Waals surface area contributed by atoms with Gasteiger partial charge in [-0.05, 0) is 24.3 Å². The molecule has 152 valence electrons. The molecule has 7 nitrogen and oxygen atoms in total. The summed E-state index contributed by atoms with van der Waals surface area (Å²) in [5.74, 6) is 0.495. The van der Waals surface area contributed by atoms with E-state index in [1.807, 2.05) is 29.1 Å². The summed E-state index contributed by atoms with van der Waals surface area (Å²) in [7, 11) is 1.90.